The number of Topliss-reactive ketones (excluding diaryl/α,β-unsaturated/α-hetero) is 2. The van der Waals surface area contributed by atoms with Crippen LogP contribution in [0.25, 0.3) is 10.4 Å². The third kappa shape index (κ3) is 11.2. The Labute approximate surface area is 429 Å². The number of nitrogens with zero attached hydrogens (tertiary/aromatic N) is 5. The molecule has 4 heterocycles. The summed E-state index contributed by atoms with van der Waals surface area (Å²) in [6, 6.07) is 23.1. The minimum atomic E-state index is -0.789. The van der Waals surface area contributed by atoms with Crippen molar-refractivity contribution in [3.05, 3.63) is 105 Å². The van der Waals surface area contributed by atoms with Crippen LogP contribution in [0.1, 0.15) is 126 Å². The monoisotopic (exact) mass is 1000 g/mol. The number of rotatable bonds is 18. The molecule has 71 heavy (non-hydrogen) atoms. The Bertz CT molecular complexity index is 2640. The summed E-state index contributed by atoms with van der Waals surface area (Å²) in [6.45, 7) is 21.4. The van der Waals surface area contributed by atoms with Gasteiger partial charge in [-0.05, 0) is 85.0 Å². The lowest BCUT2D eigenvalue weighted by molar-refractivity contribution is -0.164. The Kier molecular flexibility index (Phi) is 15.4. The van der Waals surface area contributed by atoms with E-state index < -0.39 is 23.5 Å². The van der Waals surface area contributed by atoms with Crippen LogP contribution >= 0.6 is 22.9 Å². The third-order valence-electron chi connectivity index (χ3n) is 16.1. The number of aromatic nitrogens is 1. The molecule has 4 aromatic rings. The molecule has 4 aliphatic rings. The number of hydrogen-bond acceptors (Lipinski definition) is 11. The molecule has 1 unspecified atom stereocenters. The Morgan fingerprint density at radius 2 is 1.62 bits per heavy atom. The number of carbonyl (C=O) groups excluding carboxylic acids is 4. The van der Waals surface area contributed by atoms with Crippen LogP contribution in [0.15, 0.2) is 72.2 Å². The number of amides is 2. The summed E-state index contributed by atoms with van der Waals surface area (Å²) in [5.41, 5.74) is 5.91. The van der Waals surface area contributed by atoms with E-state index in [1.54, 1.807) is 34.4 Å². The first-order chi connectivity index (χ1) is 33.5. The standard InChI is InChI=1S/C57H71ClN6O6S/c1-34(37-16-18-38(19-17-37)50-35(2)60-33-71-50)23-49(67)48-26-44(66)32-64(48)52(69)46(55(3,4)5)25-43(65)31-63-30-41-24-42(63)29-62(41)22-10-11-36-12-14-39(15-13-36)51(68)61-53-56(6,7)54(57(53,8)9)70-45-21-20-40(28-59)47(58)27-45/h12-21,27,33-34,41-42,44,46,48,53-54,66H,10-11,22-26,29-32H2,1-9H3,(H,61,68)/t34-,41+,42+,44-,46-,48?,53?,54?/m1/s1. The first-order valence-electron chi connectivity index (χ1n) is 25.3. The average molecular weight is 1000 g/mol. The quantitative estimate of drug-likeness (QED) is 0.0986. The highest BCUT2D eigenvalue weighted by Crippen LogP contribution is 2.55. The van der Waals surface area contributed by atoms with Gasteiger partial charge in [0, 0.05) is 85.4 Å². The number of piperazine rings is 1. The molecule has 6 atom stereocenters. The number of aliphatic hydroxyl groups excluding tert-OH is 1. The highest BCUT2D eigenvalue weighted by Gasteiger charge is 2.64. The number of fused-ring (bicyclic) bond motifs is 2. The van der Waals surface area contributed by atoms with Gasteiger partial charge in [0.25, 0.3) is 5.91 Å². The summed E-state index contributed by atoms with van der Waals surface area (Å²) in [4.78, 5) is 67.6. The van der Waals surface area contributed by atoms with Crippen LogP contribution in [0.3, 0.4) is 0 Å². The van der Waals surface area contributed by atoms with Crippen molar-refractivity contribution in [3.63, 3.8) is 0 Å². The normalized spacial score (nSPS) is 24.5. The number of aliphatic hydroxyl groups is 1. The molecule has 3 saturated heterocycles. The number of aryl methyl sites for hydroxylation is 2. The van der Waals surface area contributed by atoms with E-state index in [-0.39, 0.29) is 78.1 Å². The molecule has 378 valence electrons. The van der Waals surface area contributed by atoms with Crippen LogP contribution in [0, 0.1) is 40.4 Å². The fraction of sp³-hybridized carbons (Fsp3) is 0.544. The lowest BCUT2D eigenvalue weighted by Crippen LogP contribution is -2.74. The smallest absolute Gasteiger partial charge is 0.251 e. The number of halogens is 1. The molecule has 8 rings (SSSR count). The second-order valence-corrected chi connectivity index (χ2v) is 24.3. The van der Waals surface area contributed by atoms with Crippen molar-refractivity contribution in [3.8, 4) is 22.3 Å². The van der Waals surface area contributed by atoms with Crippen LogP contribution in [0.4, 0.5) is 0 Å². The van der Waals surface area contributed by atoms with Gasteiger partial charge in [0.15, 0.2) is 5.78 Å². The van der Waals surface area contributed by atoms with Crippen molar-refractivity contribution in [2.45, 2.75) is 143 Å². The van der Waals surface area contributed by atoms with Gasteiger partial charge in [0.1, 0.15) is 23.7 Å². The minimum absolute atomic E-state index is 0.0338. The summed E-state index contributed by atoms with van der Waals surface area (Å²) in [5, 5.41) is 23.7. The van der Waals surface area contributed by atoms with Gasteiger partial charge in [-0.3, -0.25) is 29.0 Å². The van der Waals surface area contributed by atoms with E-state index in [1.165, 1.54) is 5.56 Å². The number of thiazole rings is 1. The largest absolute Gasteiger partial charge is 0.489 e. The van der Waals surface area contributed by atoms with E-state index in [9.17, 15) is 29.5 Å². The van der Waals surface area contributed by atoms with Crippen LogP contribution in [-0.2, 0) is 20.8 Å². The van der Waals surface area contributed by atoms with Gasteiger partial charge in [0.2, 0.25) is 5.91 Å². The van der Waals surface area contributed by atoms with Crippen LogP contribution in [-0.4, -0.2) is 117 Å². The SMILES string of the molecule is Cc1ncsc1-c1ccc([C@H](C)CC(=O)C2C[C@@H](O)CN2C(=O)[C@@H](CC(=O)CN2C[C@@H]3C[C@H]2CN3CCCc2ccc(C(=O)NC3C(C)(C)C(Oc4ccc(C#N)c(Cl)c4)C3(C)C)cc2)C(C)(C)C)cc1. The second kappa shape index (κ2) is 20.9. The number of hydrogen-bond donors (Lipinski definition) is 2. The van der Waals surface area contributed by atoms with E-state index in [1.807, 2.05) is 64.4 Å². The summed E-state index contributed by atoms with van der Waals surface area (Å²) in [7, 11) is 0. The van der Waals surface area contributed by atoms with Crippen molar-refractivity contribution < 1.29 is 29.0 Å². The average Bonchev–Trinajstić information content (AvgIpc) is 4.13. The molecule has 2 N–H and O–H groups in total. The molecule has 0 spiro atoms. The summed E-state index contributed by atoms with van der Waals surface area (Å²) in [6.07, 6.45) is 2.47. The number of β-amino-alcohol motifs (C(OH)–C–C–N with tert-alkyl or cyclic N) is 1. The molecule has 1 aromatic heterocycles. The van der Waals surface area contributed by atoms with E-state index in [0.29, 0.717) is 40.5 Å². The lowest BCUT2D eigenvalue weighted by atomic mass is 9.49. The van der Waals surface area contributed by atoms with Gasteiger partial charge < -0.3 is 20.1 Å². The lowest BCUT2D eigenvalue weighted by Gasteiger charge is -2.63. The predicted molar refractivity (Wildman–Crippen MR) is 279 cm³/mol. The van der Waals surface area contributed by atoms with Crippen LogP contribution < -0.4 is 10.1 Å². The fourth-order valence-corrected chi connectivity index (χ4v) is 13.4. The number of ketones is 2. The second-order valence-electron chi connectivity index (χ2n) is 23.1. The molecule has 1 aliphatic carbocycles. The molecule has 4 fully saturated rings. The highest BCUT2D eigenvalue weighted by atomic mass is 35.5. The number of ether oxygens (including phenoxy) is 1. The van der Waals surface area contributed by atoms with Gasteiger partial charge in [-0.15, -0.1) is 11.3 Å². The number of nitrogens with one attached hydrogen (secondary N) is 1. The van der Waals surface area contributed by atoms with Crippen LogP contribution in [0.5, 0.6) is 5.75 Å². The first kappa shape index (κ1) is 52.4. The molecule has 12 nitrogen and oxygen atoms in total. The topological polar surface area (TPSA) is 156 Å². The molecule has 3 aliphatic heterocycles. The molecule has 3 aromatic carbocycles. The zero-order valence-electron chi connectivity index (χ0n) is 42.8. The van der Waals surface area contributed by atoms with Crippen LogP contribution in [0.2, 0.25) is 5.02 Å². The van der Waals surface area contributed by atoms with E-state index in [4.69, 9.17) is 16.3 Å². The maximum Gasteiger partial charge on any atom is 0.251 e. The van der Waals surface area contributed by atoms with Crippen molar-refractivity contribution >= 4 is 46.3 Å². The Hall–Kier alpha value is -4.97. The number of carbonyl (C=O) groups is 4. The van der Waals surface area contributed by atoms with Crippen molar-refractivity contribution in [2.75, 3.05) is 32.7 Å². The third-order valence-corrected chi connectivity index (χ3v) is 17.4. The van der Waals surface area contributed by atoms with Crippen molar-refractivity contribution in [1.82, 2.24) is 25.0 Å². The molecule has 14 heteroatoms. The molecule has 0 radical (unpaired) electrons. The van der Waals surface area contributed by atoms with Gasteiger partial charge in [-0.2, -0.15) is 5.26 Å². The van der Waals surface area contributed by atoms with Gasteiger partial charge >= 0.3 is 0 Å². The molecular weight excluding hydrogens is 932 g/mol. The number of nitriles is 1. The van der Waals surface area contributed by atoms with Crippen molar-refractivity contribution in [1.29, 1.82) is 5.26 Å². The minimum Gasteiger partial charge on any atom is -0.489 e. The Morgan fingerprint density at radius 1 is 0.944 bits per heavy atom. The zero-order chi connectivity index (χ0) is 51.2. The van der Waals surface area contributed by atoms with E-state index >= 15 is 0 Å². The van der Waals surface area contributed by atoms with Gasteiger partial charge in [-0.1, -0.05) is 103 Å². The molecule has 1 saturated carbocycles. The first-order valence-corrected chi connectivity index (χ1v) is 26.6. The predicted octanol–water partition coefficient (Wildman–Crippen LogP) is 9.29. The van der Waals surface area contributed by atoms with Gasteiger partial charge in [-0.25, -0.2) is 4.98 Å². The molecular formula is C57H71ClN6O6S. The van der Waals surface area contributed by atoms with Gasteiger partial charge in [0.05, 0.1) is 45.4 Å². The molecule has 2 amide bonds. The maximum atomic E-state index is 14.4. The summed E-state index contributed by atoms with van der Waals surface area (Å²) >= 11 is 7.87. The fourth-order valence-electron chi connectivity index (χ4n) is 12.4. The maximum absolute atomic E-state index is 14.4. The Balaban J connectivity index is 0.777. The number of benzene rings is 3. The van der Waals surface area contributed by atoms with Crippen molar-refractivity contribution in [2.24, 2.45) is 22.2 Å². The highest BCUT2D eigenvalue weighted by molar-refractivity contribution is 7.13. The summed E-state index contributed by atoms with van der Waals surface area (Å²) < 4.78 is 6.40. The summed E-state index contributed by atoms with van der Waals surface area (Å²) in [5.74, 6) is -0.460. The zero-order valence-corrected chi connectivity index (χ0v) is 44.4. The van der Waals surface area contributed by atoms with E-state index in [2.05, 4.69) is 78.1 Å². The van der Waals surface area contributed by atoms with E-state index in [0.717, 1.165) is 60.6 Å². The number of likely N-dealkylation sites (tertiary alicyclic amines) is 3. The molecule has 2 bridgehead atoms. The Morgan fingerprint density at radius 3 is 2.23 bits per heavy atom.